The minimum Gasteiger partial charge on any atom is -0.480 e. The van der Waals surface area contributed by atoms with Crippen LogP contribution in [-0.4, -0.2) is 44.2 Å². The number of carboxylic acid groups (broad SMARTS) is 2. The van der Waals surface area contributed by atoms with Gasteiger partial charge in [0.1, 0.15) is 10.5 Å². The number of hydrogen-bond acceptors (Lipinski definition) is 4. The number of hydrogen-bond donors (Lipinski definition) is 2. The van der Waals surface area contributed by atoms with Crippen LogP contribution < -0.4 is 0 Å². The minimum atomic E-state index is -0.851. The summed E-state index contributed by atoms with van der Waals surface area (Å²) in [7, 11) is 0. The van der Waals surface area contributed by atoms with Crippen LogP contribution >= 0.6 is 23.5 Å². The van der Waals surface area contributed by atoms with Gasteiger partial charge in [0, 0.05) is 11.5 Å². The Labute approximate surface area is 77.7 Å². The average molecular weight is 208 g/mol. The standard InChI is InChI=1S/C6H8O4S2/c7-5(8)3-1-11-4(2-12-3)6(9)10/h3-4H,1-2H2,(H,7,8)(H,9,10). The predicted octanol–water partition coefficient (Wildman–Crippen LogP) is 0.373. The molecular weight excluding hydrogens is 200 g/mol. The van der Waals surface area contributed by atoms with Crippen molar-refractivity contribution in [2.45, 2.75) is 10.5 Å². The second kappa shape index (κ2) is 4.04. The van der Waals surface area contributed by atoms with Gasteiger partial charge in [0.25, 0.3) is 0 Å². The molecule has 1 rings (SSSR count). The zero-order valence-corrected chi connectivity index (χ0v) is 7.73. The van der Waals surface area contributed by atoms with Crippen molar-refractivity contribution in [1.29, 1.82) is 0 Å². The van der Waals surface area contributed by atoms with E-state index in [-0.39, 0.29) is 0 Å². The summed E-state index contributed by atoms with van der Waals surface area (Å²) < 4.78 is 0. The molecule has 0 radical (unpaired) electrons. The van der Waals surface area contributed by atoms with Crippen molar-refractivity contribution in [2.24, 2.45) is 0 Å². The lowest BCUT2D eigenvalue weighted by Gasteiger charge is -2.21. The Hall–Kier alpha value is -0.360. The third kappa shape index (κ3) is 2.31. The molecule has 12 heavy (non-hydrogen) atoms. The maximum absolute atomic E-state index is 10.4. The Balaban J connectivity index is 2.39. The molecule has 0 aromatic heterocycles. The first-order valence-electron chi connectivity index (χ1n) is 3.30. The van der Waals surface area contributed by atoms with Gasteiger partial charge in [-0.05, 0) is 0 Å². The SMILES string of the molecule is O=C(O)C1CSC(C(=O)O)CS1. The Morgan fingerprint density at radius 2 is 1.33 bits per heavy atom. The van der Waals surface area contributed by atoms with Gasteiger partial charge in [0.15, 0.2) is 0 Å². The highest BCUT2D eigenvalue weighted by Crippen LogP contribution is 2.29. The van der Waals surface area contributed by atoms with Gasteiger partial charge in [-0.1, -0.05) is 0 Å². The molecule has 4 nitrogen and oxygen atoms in total. The van der Waals surface area contributed by atoms with Crippen molar-refractivity contribution in [3.63, 3.8) is 0 Å². The number of carbonyl (C=O) groups is 2. The van der Waals surface area contributed by atoms with Crippen LogP contribution in [0.2, 0.25) is 0 Å². The van der Waals surface area contributed by atoms with Crippen LogP contribution in [0, 0.1) is 0 Å². The molecule has 0 amide bonds. The summed E-state index contributed by atoms with van der Waals surface area (Å²) in [6.45, 7) is 0. The molecule has 1 fully saturated rings. The van der Waals surface area contributed by atoms with E-state index >= 15 is 0 Å². The monoisotopic (exact) mass is 208 g/mol. The van der Waals surface area contributed by atoms with E-state index in [9.17, 15) is 9.59 Å². The van der Waals surface area contributed by atoms with Gasteiger partial charge in [0.2, 0.25) is 0 Å². The fraction of sp³-hybridized carbons (Fsp3) is 0.667. The minimum absolute atomic E-state index is 0.386. The lowest BCUT2D eigenvalue weighted by atomic mass is 10.5. The van der Waals surface area contributed by atoms with E-state index in [4.69, 9.17) is 10.2 Å². The predicted molar refractivity (Wildman–Crippen MR) is 47.8 cm³/mol. The molecule has 0 aromatic carbocycles. The molecule has 1 aliphatic rings. The van der Waals surface area contributed by atoms with Crippen LogP contribution in [0.15, 0.2) is 0 Å². The first kappa shape index (κ1) is 9.73. The van der Waals surface area contributed by atoms with Crippen LogP contribution in [0.5, 0.6) is 0 Å². The molecule has 68 valence electrons. The molecule has 2 N–H and O–H groups in total. The van der Waals surface area contributed by atoms with Gasteiger partial charge in [-0.25, -0.2) is 0 Å². The summed E-state index contributed by atoms with van der Waals surface area (Å²) in [4.78, 5) is 20.9. The smallest absolute Gasteiger partial charge is 0.317 e. The molecule has 1 aliphatic heterocycles. The molecule has 6 heteroatoms. The Morgan fingerprint density at radius 3 is 1.50 bits per heavy atom. The highest BCUT2D eigenvalue weighted by atomic mass is 32.2. The number of carboxylic acids is 2. The Morgan fingerprint density at radius 1 is 1.00 bits per heavy atom. The molecule has 2 unspecified atom stereocenters. The molecule has 1 saturated heterocycles. The second-order valence-electron chi connectivity index (χ2n) is 2.32. The second-order valence-corrected chi connectivity index (χ2v) is 4.79. The van der Waals surface area contributed by atoms with E-state index < -0.39 is 22.4 Å². The first-order chi connectivity index (χ1) is 5.61. The van der Waals surface area contributed by atoms with Gasteiger partial charge in [-0.2, -0.15) is 0 Å². The van der Waals surface area contributed by atoms with E-state index in [1.54, 1.807) is 0 Å². The van der Waals surface area contributed by atoms with Gasteiger partial charge < -0.3 is 10.2 Å². The Bertz CT molecular complexity index is 176. The summed E-state index contributed by atoms with van der Waals surface area (Å²) in [5, 5.41) is 16.3. The zero-order chi connectivity index (χ0) is 9.14. The number of aliphatic carboxylic acids is 2. The molecule has 0 aromatic rings. The van der Waals surface area contributed by atoms with Crippen LogP contribution in [0.25, 0.3) is 0 Å². The molecule has 0 bridgehead atoms. The molecule has 2 atom stereocenters. The first-order valence-corrected chi connectivity index (χ1v) is 5.40. The van der Waals surface area contributed by atoms with Crippen molar-refractivity contribution in [1.82, 2.24) is 0 Å². The number of thioether (sulfide) groups is 2. The van der Waals surface area contributed by atoms with E-state index in [1.807, 2.05) is 0 Å². The van der Waals surface area contributed by atoms with E-state index in [0.717, 1.165) is 0 Å². The maximum Gasteiger partial charge on any atom is 0.317 e. The topological polar surface area (TPSA) is 74.6 Å². The van der Waals surface area contributed by atoms with E-state index in [2.05, 4.69) is 0 Å². The average Bonchev–Trinajstić information content (AvgIpc) is 2.04. The third-order valence-corrected chi connectivity index (χ3v) is 4.46. The van der Waals surface area contributed by atoms with E-state index in [1.165, 1.54) is 23.5 Å². The van der Waals surface area contributed by atoms with Gasteiger partial charge in [-0.15, -0.1) is 23.5 Å². The summed E-state index contributed by atoms with van der Waals surface area (Å²) in [6.07, 6.45) is 0. The fourth-order valence-corrected chi connectivity index (χ4v) is 3.41. The van der Waals surface area contributed by atoms with E-state index in [0.29, 0.717) is 11.5 Å². The van der Waals surface area contributed by atoms with Crippen LogP contribution in [0.1, 0.15) is 0 Å². The lowest BCUT2D eigenvalue weighted by Crippen LogP contribution is -2.31. The largest absolute Gasteiger partial charge is 0.480 e. The van der Waals surface area contributed by atoms with Crippen LogP contribution in [-0.2, 0) is 9.59 Å². The van der Waals surface area contributed by atoms with Crippen molar-refractivity contribution < 1.29 is 19.8 Å². The normalized spacial score (nSPS) is 29.7. The Kier molecular flexibility index (Phi) is 3.28. The quantitative estimate of drug-likeness (QED) is 0.683. The van der Waals surface area contributed by atoms with Crippen molar-refractivity contribution in [3.8, 4) is 0 Å². The fourth-order valence-electron chi connectivity index (χ4n) is 0.788. The summed E-state index contributed by atoms with van der Waals surface area (Å²) in [5.74, 6) is -0.929. The highest BCUT2D eigenvalue weighted by Gasteiger charge is 2.30. The third-order valence-electron chi connectivity index (χ3n) is 1.45. The molecular formula is C6H8O4S2. The summed E-state index contributed by atoms with van der Waals surface area (Å²) in [5.41, 5.74) is 0. The number of rotatable bonds is 2. The maximum atomic E-state index is 10.4. The molecule has 0 saturated carbocycles. The van der Waals surface area contributed by atoms with Gasteiger partial charge in [0.05, 0.1) is 0 Å². The molecule has 0 aliphatic carbocycles. The highest BCUT2D eigenvalue weighted by molar-refractivity contribution is 8.08. The zero-order valence-electron chi connectivity index (χ0n) is 6.10. The molecule has 1 heterocycles. The summed E-state index contributed by atoms with van der Waals surface area (Å²) in [6, 6.07) is 0. The van der Waals surface area contributed by atoms with Gasteiger partial charge >= 0.3 is 11.9 Å². The van der Waals surface area contributed by atoms with Crippen molar-refractivity contribution in [3.05, 3.63) is 0 Å². The summed E-state index contributed by atoms with van der Waals surface area (Å²) >= 11 is 2.41. The van der Waals surface area contributed by atoms with Crippen LogP contribution in [0.4, 0.5) is 0 Å². The van der Waals surface area contributed by atoms with Crippen LogP contribution in [0.3, 0.4) is 0 Å². The van der Waals surface area contributed by atoms with Gasteiger partial charge in [-0.3, -0.25) is 9.59 Å². The van der Waals surface area contributed by atoms with Crippen molar-refractivity contribution >= 4 is 35.5 Å². The van der Waals surface area contributed by atoms with Crippen molar-refractivity contribution in [2.75, 3.05) is 11.5 Å². The lowest BCUT2D eigenvalue weighted by molar-refractivity contribution is -0.137. The molecule has 0 spiro atoms.